The molecule has 4 amide bonds. The number of halogens is 1. The molecule has 5 atom stereocenters. The van der Waals surface area contributed by atoms with Crippen molar-refractivity contribution in [3.8, 4) is 11.3 Å². The fourth-order valence-corrected chi connectivity index (χ4v) is 6.76. The van der Waals surface area contributed by atoms with E-state index in [4.69, 9.17) is 9.47 Å². The van der Waals surface area contributed by atoms with Gasteiger partial charge in [-0.05, 0) is 69.4 Å². The van der Waals surface area contributed by atoms with Crippen LogP contribution in [0.25, 0.3) is 11.3 Å². The van der Waals surface area contributed by atoms with Crippen LogP contribution in [0.15, 0.2) is 60.8 Å². The first-order chi connectivity index (χ1) is 24.4. The van der Waals surface area contributed by atoms with Gasteiger partial charge in [-0.1, -0.05) is 56.3 Å². The number of carbonyl (C=O) groups is 4. The van der Waals surface area contributed by atoms with Crippen LogP contribution in [0.4, 0.5) is 14.0 Å². The monoisotopic (exact) mass is 719 g/mol. The molecule has 52 heavy (non-hydrogen) atoms. The average Bonchev–Trinajstić information content (AvgIpc) is 3.82. The number of benzene rings is 2. The maximum Gasteiger partial charge on any atom is 0.410 e. The van der Waals surface area contributed by atoms with Gasteiger partial charge in [0.1, 0.15) is 35.8 Å². The molecule has 0 aliphatic carbocycles. The Morgan fingerprint density at radius 2 is 1.67 bits per heavy atom. The van der Waals surface area contributed by atoms with Crippen LogP contribution in [0.3, 0.4) is 0 Å². The van der Waals surface area contributed by atoms with Gasteiger partial charge in [0.2, 0.25) is 11.8 Å². The van der Waals surface area contributed by atoms with Gasteiger partial charge >= 0.3 is 12.2 Å². The second-order valence-electron chi connectivity index (χ2n) is 15.7. The van der Waals surface area contributed by atoms with E-state index in [1.807, 2.05) is 51.1 Å². The zero-order valence-electron chi connectivity index (χ0n) is 31.2. The lowest BCUT2D eigenvalue weighted by molar-refractivity contribution is -0.141. The minimum absolute atomic E-state index is 0.110. The van der Waals surface area contributed by atoms with Gasteiger partial charge in [-0.25, -0.2) is 14.0 Å². The van der Waals surface area contributed by atoms with Gasteiger partial charge in [0, 0.05) is 38.2 Å². The molecule has 3 aromatic rings. The normalized spacial score (nSPS) is 19.8. The Bertz CT molecular complexity index is 1740. The SMILES string of the molecule is CC(C(=O)NC(C(=O)N1CCC2C1C(Cn1cc(-c3ccc(F)cc3)nn1)CN2C(=O)OCc1ccccc1)C(C)(C)C)N(C)C(=O)OC(C)(C)C. The molecule has 2 aliphatic rings. The van der Waals surface area contributed by atoms with E-state index < -0.39 is 47.2 Å². The maximum atomic E-state index is 14.6. The first kappa shape index (κ1) is 38.2. The molecule has 2 saturated heterocycles. The highest BCUT2D eigenvalue weighted by atomic mass is 19.1. The molecule has 13 nitrogen and oxygen atoms in total. The summed E-state index contributed by atoms with van der Waals surface area (Å²) in [5.41, 5.74) is 0.683. The van der Waals surface area contributed by atoms with E-state index in [1.54, 1.807) is 60.5 Å². The number of nitrogens with zero attached hydrogens (tertiary/aromatic N) is 6. The fourth-order valence-electron chi connectivity index (χ4n) is 6.76. The fraction of sp³-hybridized carbons (Fsp3) is 0.526. The highest BCUT2D eigenvalue weighted by molar-refractivity contribution is 5.92. The van der Waals surface area contributed by atoms with Crippen molar-refractivity contribution < 1.29 is 33.0 Å². The van der Waals surface area contributed by atoms with Gasteiger partial charge in [0.05, 0.1) is 18.3 Å². The third-order valence-corrected chi connectivity index (χ3v) is 9.60. The minimum atomic E-state index is -0.940. The van der Waals surface area contributed by atoms with Crippen molar-refractivity contribution in [1.29, 1.82) is 0 Å². The van der Waals surface area contributed by atoms with Crippen molar-refractivity contribution >= 4 is 24.0 Å². The molecule has 3 heterocycles. The Hall–Kier alpha value is -5.01. The molecular formula is C38H50FN7O6. The molecule has 5 unspecified atom stereocenters. The van der Waals surface area contributed by atoms with E-state index in [0.29, 0.717) is 37.3 Å². The number of hydrogen-bond donors (Lipinski definition) is 1. The minimum Gasteiger partial charge on any atom is -0.445 e. The van der Waals surface area contributed by atoms with Crippen molar-refractivity contribution in [3.05, 3.63) is 72.2 Å². The van der Waals surface area contributed by atoms with Crippen LogP contribution in [-0.2, 0) is 32.2 Å². The second kappa shape index (κ2) is 15.3. The Kier molecular flexibility index (Phi) is 11.3. The first-order valence-electron chi connectivity index (χ1n) is 17.6. The summed E-state index contributed by atoms with van der Waals surface area (Å²) in [5, 5.41) is 11.6. The topological polar surface area (TPSA) is 139 Å². The Morgan fingerprint density at radius 3 is 2.31 bits per heavy atom. The molecule has 2 fully saturated rings. The number of hydrogen-bond acceptors (Lipinski definition) is 8. The van der Waals surface area contributed by atoms with E-state index in [2.05, 4.69) is 15.6 Å². The van der Waals surface area contributed by atoms with E-state index in [-0.39, 0.29) is 30.3 Å². The van der Waals surface area contributed by atoms with Gasteiger partial charge in [-0.2, -0.15) is 0 Å². The number of amides is 4. The number of fused-ring (bicyclic) bond motifs is 1. The van der Waals surface area contributed by atoms with Crippen LogP contribution in [0.5, 0.6) is 0 Å². The van der Waals surface area contributed by atoms with Crippen molar-refractivity contribution in [3.63, 3.8) is 0 Å². The van der Waals surface area contributed by atoms with Gasteiger partial charge in [0.15, 0.2) is 0 Å². The number of nitrogens with one attached hydrogen (secondary N) is 1. The molecule has 14 heteroatoms. The summed E-state index contributed by atoms with van der Waals surface area (Å²) in [4.78, 5) is 59.2. The third-order valence-electron chi connectivity index (χ3n) is 9.60. The van der Waals surface area contributed by atoms with E-state index >= 15 is 0 Å². The molecule has 1 aromatic heterocycles. The predicted octanol–water partition coefficient (Wildman–Crippen LogP) is 5.11. The smallest absolute Gasteiger partial charge is 0.410 e. The summed E-state index contributed by atoms with van der Waals surface area (Å²) in [6, 6.07) is 12.8. The molecule has 0 saturated carbocycles. The summed E-state index contributed by atoms with van der Waals surface area (Å²) in [5.74, 6) is -1.39. The molecule has 0 bridgehead atoms. The number of ether oxygens (including phenoxy) is 2. The lowest BCUT2D eigenvalue weighted by Crippen LogP contribution is -2.59. The number of rotatable bonds is 9. The second-order valence-corrected chi connectivity index (χ2v) is 15.7. The molecule has 280 valence electrons. The van der Waals surface area contributed by atoms with Gasteiger partial charge in [-0.3, -0.25) is 19.2 Å². The van der Waals surface area contributed by atoms with E-state index in [9.17, 15) is 23.6 Å². The van der Waals surface area contributed by atoms with Crippen molar-refractivity contribution in [2.24, 2.45) is 11.3 Å². The summed E-state index contributed by atoms with van der Waals surface area (Å²) in [6.07, 6.45) is 1.16. The number of likely N-dealkylation sites (tertiary alicyclic amines) is 2. The van der Waals surface area contributed by atoms with Gasteiger partial charge in [0.25, 0.3) is 0 Å². The molecule has 5 rings (SSSR count). The Balaban J connectivity index is 1.37. The molecule has 2 aliphatic heterocycles. The molecular weight excluding hydrogens is 669 g/mol. The standard InChI is InChI=1S/C38H50FN7O6/c1-24(43(8)35(49)52-38(5,6)7)33(47)40-32(37(2,3)4)34(48)45-19-18-30-31(45)27(21-46(30)36(50)51-23-25-12-10-9-11-13-25)20-44-22-29(41-42-44)26-14-16-28(39)17-15-26/h9-17,22,24,27,30-32H,18-21,23H2,1-8H3,(H,40,47). The van der Waals surface area contributed by atoms with Crippen LogP contribution in [0.1, 0.15) is 60.5 Å². The molecule has 0 radical (unpaired) electrons. The average molecular weight is 720 g/mol. The van der Waals surface area contributed by atoms with Crippen LogP contribution in [0, 0.1) is 17.2 Å². The van der Waals surface area contributed by atoms with Crippen molar-refractivity contribution in [1.82, 2.24) is 35.0 Å². The predicted molar refractivity (Wildman–Crippen MR) is 191 cm³/mol. The molecule has 1 N–H and O–H groups in total. The highest BCUT2D eigenvalue weighted by Gasteiger charge is 2.54. The van der Waals surface area contributed by atoms with Gasteiger partial charge < -0.3 is 24.6 Å². The summed E-state index contributed by atoms with van der Waals surface area (Å²) in [7, 11) is 1.48. The Labute approximate surface area is 304 Å². The number of aromatic nitrogens is 3. The lowest BCUT2D eigenvalue weighted by atomic mass is 9.85. The van der Waals surface area contributed by atoms with Crippen LogP contribution in [0.2, 0.25) is 0 Å². The summed E-state index contributed by atoms with van der Waals surface area (Å²) in [6.45, 7) is 13.6. The quantitative estimate of drug-likeness (QED) is 0.322. The summed E-state index contributed by atoms with van der Waals surface area (Å²) < 4.78 is 26.4. The lowest BCUT2D eigenvalue weighted by Gasteiger charge is -2.38. The number of likely N-dealkylation sites (N-methyl/N-ethyl adjacent to an activating group) is 1. The number of carbonyl (C=O) groups excluding carboxylic acids is 4. The van der Waals surface area contributed by atoms with Crippen molar-refractivity contribution in [2.45, 2.75) is 97.8 Å². The van der Waals surface area contributed by atoms with Crippen LogP contribution in [-0.4, -0.2) is 104 Å². The van der Waals surface area contributed by atoms with Gasteiger partial charge in [-0.15, -0.1) is 5.10 Å². The molecule has 2 aromatic carbocycles. The zero-order chi connectivity index (χ0) is 38.0. The van der Waals surface area contributed by atoms with E-state index in [1.165, 1.54) is 24.1 Å². The zero-order valence-corrected chi connectivity index (χ0v) is 31.2. The first-order valence-corrected chi connectivity index (χ1v) is 17.6. The Morgan fingerprint density at radius 1 is 1.00 bits per heavy atom. The summed E-state index contributed by atoms with van der Waals surface area (Å²) >= 11 is 0. The van der Waals surface area contributed by atoms with Crippen LogP contribution < -0.4 is 5.32 Å². The maximum absolute atomic E-state index is 14.6. The third kappa shape index (κ3) is 8.88. The van der Waals surface area contributed by atoms with E-state index in [0.717, 1.165) is 5.56 Å². The largest absolute Gasteiger partial charge is 0.445 e. The molecule has 0 spiro atoms. The van der Waals surface area contributed by atoms with Crippen LogP contribution >= 0.6 is 0 Å². The highest BCUT2D eigenvalue weighted by Crippen LogP contribution is 2.38. The van der Waals surface area contributed by atoms with Crippen molar-refractivity contribution in [2.75, 3.05) is 20.1 Å².